The lowest BCUT2D eigenvalue weighted by Crippen LogP contribution is -2.45. The maximum Gasteiger partial charge on any atom is 0.237 e. The van der Waals surface area contributed by atoms with Gasteiger partial charge in [0.05, 0.1) is 13.2 Å². The topological polar surface area (TPSA) is 81.4 Å². The van der Waals surface area contributed by atoms with Gasteiger partial charge in [0.1, 0.15) is 5.75 Å². The van der Waals surface area contributed by atoms with Crippen LogP contribution < -0.4 is 15.8 Å². The highest BCUT2D eigenvalue weighted by atomic mass is 16.5. The predicted molar refractivity (Wildman–Crippen MR) is 89.9 cm³/mol. The van der Waals surface area contributed by atoms with Crippen molar-refractivity contribution in [3.63, 3.8) is 0 Å². The highest BCUT2D eigenvalue weighted by Gasteiger charge is 2.30. The summed E-state index contributed by atoms with van der Waals surface area (Å²) in [5.74, 6) is 0.00795. The molecule has 0 bridgehead atoms. The molecule has 0 aliphatic carbocycles. The smallest absolute Gasteiger partial charge is 0.237 e. The van der Waals surface area contributed by atoms with E-state index in [1.165, 1.54) is 6.08 Å². The molecule has 1 aliphatic heterocycles. The number of hydrogen-bond acceptors (Lipinski definition) is 4. The summed E-state index contributed by atoms with van der Waals surface area (Å²) >= 11 is 0. The molecule has 0 radical (unpaired) electrons. The van der Waals surface area contributed by atoms with Crippen LogP contribution in [-0.4, -0.2) is 31.4 Å². The van der Waals surface area contributed by atoms with Crippen LogP contribution in [0.1, 0.15) is 18.4 Å². The monoisotopic (exact) mass is 314 g/mol. The molecule has 5 heteroatoms. The predicted octanol–water partition coefficient (Wildman–Crippen LogP) is 1.69. The first-order valence-corrected chi connectivity index (χ1v) is 7.68. The Bertz CT molecular complexity index is 605. The first kappa shape index (κ1) is 17.0. The van der Waals surface area contributed by atoms with Crippen LogP contribution in [0.2, 0.25) is 0 Å². The summed E-state index contributed by atoms with van der Waals surface area (Å²) in [6, 6.07) is 6.84. The number of benzene rings is 1. The van der Waals surface area contributed by atoms with Crippen LogP contribution in [0.25, 0.3) is 6.08 Å². The van der Waals surface area contributed by atoms with Crippen LogP contribution >= 0.6 is 0 Å². The Morgan fingerprint density at radius 1 is 1.30 bits per heavy atom. The number of hydrogen-bond donors (Lipinski definition) is 2. The van der Waals surface area contributed by atoms with Gasteiger partial charge in [-0.25, -0.2) is 0 Å². The van der Waals surface area contributed by atoms with E-state index in [9.17, 15) is 9.59 Å². The van der Waals surface area contributed by atoms with Crippen LogP contribution in [0.4, 0.5) is 0 Å². The Morgan fingerprint density at radius 2 is 2.04 bits per heavy atom. The summed E-state index contributed by atoms with van der Waals surface area (Å²) < 4.78 is 5.10. The number of ketones is 1. The van der Waals surface area contributed by atoms with E-state index in [-0.39, 0.29) is 11.7 Å². The number of carbonyl (C=O) groups excluding carboxylic acids is 2. The molecule has 1 fully saturated rings. The van der Waals surface area contributed by atoms with Crippen molar-refractivity contribution in [2.75, 3.05) is 13.7 Å². The molecule has 122 valence electrons. The Balaban J connectivity index is 1.94. The zero-order valence-electron chi connectivity index (χ0n) is 13.2. The zero-order chi connectivity index (χ0) is 16.7. The molecule has 0 saturated carbocycles. The average Bonchev–Trinajstić information content (AvgIpc) is 2.74. The fraction of sp³-hybridized carbons (Fsp3) is 0.333. The lowest BCUT2D eigenvalue weighted by molar-refractivity contribution is -0.127. The number of carbonyl (C=O) groups is 2. The summed E-state index contributed by atoms with van der Waals surface area (Å²) in [4.78, 5) is 23.9. The summed E-state index contributed by atoms with van der Waals surface area (Å²) in [5.41, 5.74) is 6.86. The third-order valence-corrected chi connectivity index (χ3v) is 3.87. The van der Waals surface area contributed by atoms with E-state index in [0.29, 0.717) is 13.0 Å². The number of ether oxygens (including phenoxy) is 1. The van der Waals surface area contributed by atoms with E-state index in [1.54, 1.807) is 19.3 Å². The molecule has 1 aliphatic rings. The molecule has 23 heavy (non-hydrogen) atoms. The van der Waals surface area contributed by atoms with Crippen molar-refractivity contribution in [3.05, 3.63) is 48.1 Å². The van der Waals surface area contributed by atoms with Gasteiger partial charge in [-0.15, -0.1) is 0 Å². The number of amides is 1. The van der Waals surface area contributed by atoms with Crippen molar-refractivity contribution in [1.29, 1.82) is 0 Å². The SMILES string of the molecule is COc1ccc(C=CC=CC(=O)C2CCCNC(=O)C2N)cc1. The van der Waals surface area contributed by atoms with Gasteiger partial charge in [0, 0.05) is 12.5 Å². The van der Waals surface area contributed by atoms with Crippen molar-refractivity contribution in [1.82, 2.24) is 5.32 Å². The second-order valence-corrected chi connectivity index (χ2v) is 5.46. The molecule has 5 nitrogen and oxygen atoms in total. The normalized spacial score (nSPS) is 22.1. The van der Waals surface area contributed by atoms with Gasteiger partial charge < -0.3 is 15.8 Å². The standard InChI is InChI=1S/C18H22N2O3/c1-23-14-10-8-13(9-11-14)5-2-3-7-16(21)15-6-4-12-20-18(22)17(15)19/h2-3,5,7-11,15,17H,4,6,12,19H2,1H3,(H,20,22). The Morgan fingerprint density at radius 3 is 2.74 bits per heavy atom. The molecule has 2 atom stereocenters. The highest BCUT2D eigenvalue weighted by Crippen LogP contribution is 2.16. The van der Waals surface area contributed by atoms with Crippen molar-refractivity contribution >= 4 is 17.8 Å². The molecule has 1 heterocycles. The van der Waals surface area contributed by atoms with Gasteiger partial charge in [0.2, 0.25) is 5.91 Å². The van der Waals surface area contributed by atoms with Crippen LogP contribution in [0.3, 0.4) is 0 Å². The molecule has 1 saturated heterocycles. The van der Waals surface area contributed by atoms with E-state index in [4.69, 9.17) is 10.5 Å². The molecular weight excluding hydrogens is 292 g/mol. The van der Waals surface area contributed by atoms with E-state index in [1.807, 2.05) is 30.3 Å². The summed E-state index contributed by atoms with van der Waals surface area (Å²) in [7, 11) is 1.62. The Hall–Kier alpha value is -2.40. The minimum Gasteiger partial charge on any atom is -0.497 e. The van der Waals surface area contributed by atoms with Gasteiger partial charge in [0.25, 0.3) is 0 Å². The minimum atomic E-state index is -0.764. The number of methoxy groups -OCH3 is 1. The quantitative estimate of drug-likeness (QED) is 0.640. The fourth-order valence-electron chi connectivity index (χ4n) is 2.49. The summed E-state index contributed by atoms with van der Waals surface area (Å²) in [6.45, 7) is 0.581. The van der Waals surface area contributed by atoms with Crippen LogP contribution in [0.15, 0.2) is 42.5 Å². The van der Waals surface area contributed by atoms with Crippen LogP contribution in [0.5, 0.6) is 5.75 Å². The van der Waals surface area contributed by atoms with Crippen molar-refractivity contribution in [2.24, 2.45) is 11.7 Å². The molecule has 1 aromatic rings. The van der Waals surface area contributed by atoms with Crippen molar-refractivity contribution in [3.8, 4) is 5.75 Å². The van der Waals surface area contributed by atoms with Gasteiger partial charge in [-0.1, -0.05) is 30.4 Å². The first-order valence-electron chi connectivity index (χ1n) is 7.68. The maximum absolute atomic E-state index is 12.2. The maximum atomic E-state index is 12.2. The van der Waals surface area contributed by atoms with Gasteiger partial charge >= 0.3 is 0 Å². The van der Waals surface area contributed by atoms with Crippen LogP contribution in [0, 0.1) is 5.92 Å². The third kappa shape index (κ3) is 4.79. The lowest BCUT2D eigenvalue weighted by Gasteiger charge is -2.16. The fourth-order valence-corrected chi connectivity index (χ4v) is 2.49. The molecule has 3 N–H and O–H groups in total. The summed E-state index contributed by atoms with van der Waals surface area (Å²) in [6.07, 6.45) is 8.26. The second kappa shape index (κ2) is 8.29. The van der Waals surface area contributed by atoms with Gasteiger partial charge in [-0.3, -0.25) is 9.59 Å². The molecule has 1 amide bonds. The van der Waals surface area contributed by atoms with E-state index in [0.717, 1.165) is 17.7 Å². The van der Waals surface area contributed by atoms with Gasteiger partial charge in [-0.05, 0) is 36.6 Å². The molecule has 1 aromatic carbocycles. The lowest BCUT2D eigenvalue weighted by atomic mass is 9.91. The first-order chi connectivity index (χ1) is 11.1. The Labute approximate surface area is 136 Å². The molecular formula is C18H22N2O3. The minimum absolute atomic E-state index is 0.103. The molecule has 0 spiro atoms. The number of allylic oxidation sites excluding steroid dienone is 3. The number of nitrogens with one attached hydrogen (secondary N) is 1. The number of rotatable bonds is 5. The molecule has 0 aromatic heterocycles. The molecule has 2 rings (SSSR count). The van der Waals surface area contributed by atoms with Crippen molar-refractivity contribution < 1.29 is 14.3 Å². The molecule has 2 unspecified atom stereocenters. The average molecular weight is 314 g/mol. The van der Waals surface area contributed by atoms with E-state index < -0.39 is 12.0 Å². The van der Waals surface area contributed by atoms with Gasteiger partial charge in [0.15, 0.2) is 5.78 Å². The van der Waals surface area contributed by atoms with E-state index in [2.05, 4.69) is 5.32 Å². The van der Waals surface area contributed by atoms with Gasteiger partial charge in [-0.2, -0.15) is 0 Å². The second-order valence-electron chi connectivity index (χ2n) is 5.46. The Kier molecular flexibility index (Phi) is 6.11. The largest absolute Gasteiger partial charge is 0.497 e. The zero-order valence-corrected chi connectivity index (χ0v) is 13.2. The summed E-state index contributed by atoms with van der Waals surface area (Å²) in [5, 5.41) is 2.71. The van der Waals surface area contributed by atoms with Crippen molar-refractivity contribution in [2.45, 2.75) is 18.9 Å². The van der Waals surface area contributed by atoms with E-state index >= 15 is 0 Å². The number of nitrogens with two attached hydrogens (primary N) is 1. The highest BCUT2D eigenvalue weighted by molar-refractivity contribution is 5.97. The third-order valence-electron chi connectivity index (χ3n) is 3.87. The van der Waals surface area contributed by atoms with Crippen LogP contribution in [-0.2, 0) is 9.59 Å².